The normalized spacial score (nSPS) is 17.7. The molecule has 2 fully saturated rings. The predicted molar refractivity (Wildman–Crippen MR) is 197 cm³/mol. The molecule has 0 spiro atoms. The maximum atomic E-state index is 13.9. The number of rotatable bonds is 13. The monoisotopic (exact) mass is 798 g/mol. The van der Waals surface area contributed by atoms with Crippen molar-refractivity contribution in [2.75, 3.05) is 20.1 Å². The first kappa shape index (κ1) is 62.0. The summed E-state index contributed by atoms with van der Waals surface area (Å²) in [5.74, 6) is -3.96. The van der Waals surface area contributed by atoms with Gasteiger partial charge in [-0.3, -0.25) is 33.3 Å². The molecule has 54 heavy (non-hydrogen) atoms. The summed E-state index contributed by atoms with van der Waals surface area (Å²) in [7, 11) is 1.68. The van der Waals surface area contributed by atoms with Crippen LogP contribution in [0.2, 0.25) is 0 Å². The van der Waals surface area contributed by atoms with Crippen molar-refractivity contribution >= 4 is 29.6 Å². The van der Waals surface area contributed by atoms with Crippen LogP contribution in [0.25, 0.3) is 0 Å². The Morgan fingerprint density at radius 1 is 0.926 bits per heavy atom. The average molecular weight is 799 g/mol. The van der Waals surface area contributed by atoms with E-state index in [0.29, 0.717) is 18.9 Å². The van der Waals surface area contributed by atoms with Crippen LogP contribution in [0.15, 0.2) is 30.3 Å². The molecule has 0 radical (unpaired) electrons. The van der Waals surface area contributed by atoms with Gasteiger partial charge in [-0.05, 0) is 57.2 Å². The number of carbonyl (C=O) groups excluding carboxylic acids is 4. The van der Waals surface area contributed by atoms with Crippen LogP contribution in [-0.4, -0.2) is 107 Å². The van der Waals surface area contributed by atoms with Crippen LogP contribution < -0.4 is 27.0 Å². The van der Waals surface area contributed by atoms with Gasteiger partial charge in [0, 0.05) is 19.0 Å². The first-order chi connectivity index (χ1) is 22.0. The number of likely N-dealkylation sites (tertiary alicyclic amines) is 1. The summed E-state index contributed by atoms with van der Waals surface area (Å²) < 4.78 is 31.7. The third-order valence-corrected chi connectivity index (χ3v) is 8.55. The van der Waals surface area contributed by atoms with Gasteiger partial charge < -0.3 is 48.0 Å². The Morgan fingerprint density at radius 2 is 1.44 bits per heavy atom. The van der Waals surface area contributed by atoms with E-state index in [4.69, 9.17) is 15.6 Å². The average Bonchev–Trinajstić information content (AvgIpc) is 3.46. The van der Waals surface area contributed by atoms with E-state index in [1.54, 1.807) is 18.9 Å². The third kappa shape index (κ3) is 19.9. The van der Waals surface area contributed by atoms with Crippen molar-refractivity contribution in [2.24, 2.45) is 17.6 Å². The molecule has 14 nitrogen and oxygen atoms in total. The minimum Gasteiger partial charge on any atom is -0.475 e. The molecule has 3 rings (SSSR count). The highest BCUT2D eigenvalue weighted by molar-refractivity contribution is 5.95. The molecular weight excluding hydrogens is 734 g/mol. The number of primary amides is 1. The fourth-order valence-electron chi connectivity index (χ4n) is 5.64. The minimum absolute atomic E-state index is 0. The topological polar surface area (TPSA) is 246 Å². The Hall–Kier alpha value is -4.01. The van der Waals surface area contributed by atoms with Crippen LogP contribution in [0.5, 0.6) is 0 Å². The number of hydrogen-bond acceptors (Lipinski definition) is 7. The summed E-state index contributed by atoms with van der Waals surface area (Å²) in [6.07, 6.45) is 1.75. The highest BCUT2D eigenvalue weighted by Crippen LogP contribution is 2.25. The largest absolute Gasteiger partial charge is 0.490 e. The summed E-state index contributed by atoms with van der Waals surface area (Å²) in [6, 6.07) is 6.36. The number of aliphatic carboxylic acids is 1. The number of likely N-dealkylation sites (N-methyl/N-ethyl adjacent to an activating group) is 1. The zero-order valence-corrected chi connectivity index (χ0v) is 29.7. The number of benzene rings is 1. The zero-order valence-electron chi connectivity index (χ0n) is 29.7. The van der Waals surface area contributed by atoms with Crippen molar-refractivity contribution in [3.05, 3.63) is 35.9 Å². The summed E-state index contributed by atoms with van der Waals surface area (Å²) in [5.41, 5.74) is 6.54. The first-order valence-electron chi connectivity index (χ1n) is 16.0. The lowest BCUT2D eigenvalue weighted by atomic mass is 9.89. The molecule has 1 aliphatic carbocycles. The SMILES string of the molecule is C.C.CN[C@@H](C)C(=O)N[C@H](C(=O)N1C[C@@H](NCC2CCCCC2)C[C@H]1C(=O)N[C@@H](Cc1ccccc1)C(N)=O)C(C)C.F.F.F.O.O.O=C(O)C(F)(F)F. The molecule has 0 aromatic heterocycles. The molecule has 320 valence electrons. The molecule has 0 bridgehead atoms. The lowest BCUT2D eigenvalue weighted by Gasteiger charge is -2.31. The number of nitrogens with zero attached hydrogens (tertiary/aromatic N) is 1. The second kappa shape index (κ2) is 29.4. The molecule has 2 aliphatic rings. The fourth-order valence-corrected chi connectivity index (χ4v) is 5.64. The second-order valence-corrected chi connectivity index (χ2v) is 12.5. The van der Waals surface area contributed by atoms with Crippen molar-refractivity contribution in [2.45, 2.75) is 117 Å². The molecule has 5 atom stereocenters. The molecule has 1 aromatic rings. The molecule has 1 aromatic carbocycles. The Morgan fingerprint density at radius 3 is 1.89 bits per heavy atom. The van der Waals surface area contributed by atoms with Crippen molar-refractivity contribution < 1.29 is 67.3 Å². The Balaban J connectivity index is -0.000000375. The van der Waals surface area contributed by atoms with Crippen molar-refractivity contribution in [3.63, 3.8) is 0 Å². The van der Waals surface area contributed by atoms with Gasteiger partial charge in [0.15, 0.2) is 0 Å². The predicted octanol–water partition coefficient (Wildman–Crippen LogP) is 1.80. The number of amides is 4. The highest BCUT2D eigenvalue weighted by Gasteiger charge is 2.43. The van der Waals surface area contributed by atoms with Crippen LogP contribution in [0, 0.1) is 11.8 Å². The van der Waals surface area contributed by atoms with Crippen molar-refractivity contribution in [3.8, 4) is 0 Å². The van der Waals surface area contributed by atoms with Gasteiger partial charge in [-0.15, -0.1) is 0 Å². The smallest absolute Gasteiger partial charge is 0.475 e. The van der Waals surface area contributed by atoms with E-state index in [1.165, 1.54) is 32.1 Å². The molecule has 1 saturated carbocycles. The Labute approximate surface area is 313 Å². The van der Waals surface area contributed by atoms with Crippen LogP contribution >= 0.6 is 0 Å². The zero-order chi connectivity index (χ0) is 35.3. The lowest BCUT2D eigenvalue weighted by molar-refractivity contribution is -0.192. The van der Waals surface area contributed by atoms with Crippen LogP contribution in [-0.2, 0) is 30.4 Å². The molecule has 4 amide bonds. The molecule has 1 saturated heterocycles. The number of halogens is 6. The number of carboxylic acid groups (broad SMARTS) is 1. The summed E-state index contributed by atoms with van der Waals surface area (Å²) in [5, 5.41) is 19.3. The van der Waals surface area contributed by atoms with E-state index < -0.39 is 48.1 Å². The van der Waals surface area contributed by atoms with E-state index in [9.17, 15) is 32.3 Å². The highest BCUT2D eigenvalue weighted by atomic mass is 19.4. The fraction of sp³-hybridized carbons (Fsp3) is 0.676. The van der Waals surface area contributed by atoms with Gasteiger partial charge in [-0.1, -0.05) is 78.3 Å². The lowest BCUT2D eigenvalue weighted by Crippen LogP contribution is -2.58. The number of alkyl halides is 3. The standard InChI is InChI=1S/C30H48N6O4.C2HF3O2.2CH4.3FH.2H2O/c1-19(2)26(35-28(38)20(3)32-4)30(40)36-18-23(33-17-22-13-9-6-10-14-22)16-25(36)29(39)34-24(27(31)37)15-21-11-7-5-8-12-21;3-2(4,5)1(6)7;;;;;;;/h5,7-8,11-12,19-20,22-26,32-33H,6,9-10,13-18H2,1-4H3,(H2,31,37)(H,34,39)(H,35,38);(H,6,7);2*1H4;3*1H;2*1H2/t20-,23-,24-,25-,26-;;;;;;;;/m0......../s1. The van der Waals surface area contributed by atoms with Gasteiger partial charge >= 0.3 is 12.1 Å². The number of carboxylic acids is 1. The van der Waals surface area contributed by atoms with E-state index in [0.717, 1.165) is 12.1 Å². The maximum absolute atomic E-state index is 13.9. The van der Waals surface area contributed by atoms with Gasteiger partial charge in [0.05, 0.1) is 6.04 Å². The van der Waals surface area contributed by atoms with Crippen LogP contribution in [0.3, 0.4) is 0 Å². The van der Waals surface area contributed by atoms with Crippen molar-refractivity contribution in [1.82, 2.24) is 26.2 Å². The summed E-state index contributed by atoms with van der Waals surface area (Å²) in [4.78, 5) is 63.0. The van der Waals surface area contributed by atoms with Crippen LogP contribution in [0.1, 0.15) is 79.7 Å². The van der Waals surface area contributed by atoms with E-state index in [1.807, 2.05) is 44.2 Å². The van der Waals surface area contributed by atoms with Gasteiger partial charge in [0.1, 0.15) is 18.1 Å². The van der Waals surface area contributed by atoms with Gasteiger partial charge in [0.2, 0.25) is 23.6 Å². The molecule has 1 heterocycles. The summed E-state index contributed by atoms with van der Waals surface area (Å²) >= 11 is 0. The first-order valence-corrected chi connectivity index (χ1v) is 16.0. The van der Waals surface area contributed by atoms with Crippen molar-refractivity contribution in [1.29, 1.82) is 0 Å². The number of nitrogens with one attached hydrogen (secondary N) is 4. The molecule has 20 heteroatoms. The Bertz CT molecular complexity index is 1210. The third-order valence-electron chi connectivity index (χ3n) is 8.55. The number of hydrogen-bond donors (Lipinski definition) is 6. The van der Waals surface area contributed by atoms with E-state index in [-0.39, 0.29) is 70.1 Å². The quantitative estimate of drug-likeness (QED) is 0.160. The summed E-state index contributed by atoms with van der Waals surface area (Å²) in [6.45, 7) is 6.68. The molecule has 1 aliphatic heterocycles. The van der Waals surface area contributed by atoms with Gasteiger partial charge in [0.25, 0.3) is 0 Å². The van der Waals surface area contributed by atoms with E-state index >= 15 is 0 Å². The maximum Gasteiger partial charge on any atom is 0.490 e. The van der Waals surface area contributed by atoms with Gasteiger partial charge in [-0.25, -0.2) is 4.79 Å². The molecular formula is C34H64F6N6O8. The number of nitrogens with two attached hydrogens (primary N) is 1. The van der Waals surface area contributed by atoms with E-state index in [2.05, 4.69) is 21.3 Å². The molecule has 11 N–H and O–H groups in total. The minimum atomic E-state index is -5.08. The molecule has 0 unspecified atom stereocenters. The Kier molecular flexibility index (Phi) is 33.7. The number of carbonyl (C=O) groups is 5. The van der Waals surface area contributed by atoms with Crippen LogP contribution in [0.4, 0.5) is 27.3 Å². The second-order valence-electron chi connectivity index (χ2n) is 12.5. The van der Waals surface area contributed by atoms with Gasteiger partial charge in [-0.2, -0.15) is 13.2 Å².